The van der Waals surface area contributed by atoms with Crippen molar-refractivity contribution in [3.05, 3.63) is 95.0 Å². The van der Waals surface area contributed by atoms with Gasteiger partial charge in [0.05, 0.1) is 11.4 Å². The third-order valence-electron chi connectivity index (χ3n) is 7.22. The molecule has 0 bridgehead atoms. The Bertz CT molecular complexity index is 1360. The molecule has 0 spiro atoms. The highest BCUT2D eigenvalue weighted by molar-refractivity contribution is 6.31. The second-order valence-electron chi connectivity index (χ2n) is 9.52. The number of amides is 1. The number of carbonyl (C=O) groups excluding carboxylic acids is 1. The van der Waals surface area contributed by atoms with Crippen LogP contribution < -0.4 is 9.80 Å². The molecule has 2 aliphatic rings. The van der Waals surface area contributed by atoms with Gasteiger partial charge in [0.25, 0.3) is 0 Å². The number of rotatable bonds is 4. The Kier molecular flexibility index (Phi) is 6.20. The molecule has 0 saturated carbocycles. The fourth-order valence-corrected chi connectivity index (χ4v) is 5.54. The van der Waals surface area contributed by atoms with Crippen molar-refractivity contribution < 1.29 is 4.79 Å². The maximum atomic E-state index is 13.8. The SMILES string of the molecule is O=C(C1CCN(c2ccccn2)CC1)N1CCc2[nH]c(Cc3ccccc3)nc2-c2cc(Cl)ccc21. The van der Waals surface area contributed by atoms with Crippen LogP contribution in [-0.2, 0) is 17.6 Å². The lowest BCUT2D eigenvalue weighted by molar-refractivity contribution is -0.123. The standard InChI is InChI=1S/C29H28ClN5O/c30-22-9-10-25-23(19-22)28-24(32-26(33-28)18-20-6-2-1-3-7-20)13-17-35(25)29(36)21-11-15-34(16-12-21)27-8-4-5-14-31-27/h1-10,14,19,21H,11-13,15-18H2,(H,32,33). The highest BCUT2D eigenvalue weighted by Crippen LogP contribution is 2.38. The third-order valence-corrected chi connectivity index (χ3v) is 7.45. The van der Waals surface area contributed by atoms with Gasteiger partial charge in [-0.2, -0.15) is 0 Å². The number of aromatic nitrogens is 3. The average molecular weight is 498 g/mol. The Balaban J connectivity index is 1.24. The second-order valence-corrected chi connectivity index (χ2v) is 9.96. The lowest BCUT2D eigenvalue weighted by atomic mass is 9.94. The Morgan fingerprint density at radius 3 is 2.58 bits per heavy atom. The van der Waals surface area contributed by atoms with E-state index in [2.05, 4.69) is 27.0 Å². The molecule has 1 amide bonds. The molecule has 1 fully saturated rings. The van der Waals surface area contributed by atoms with Gasteiger partial charge in [-0.25, -0.2) is 9.97 Å². The molecule has 6 nitrogen and oxygen atoms in total. The molecule has 36 heavy (non-hydrogen) atoms. The molecule has 0 unspecified atom stereocenters. The molecule has 1 saturated heterocycles. The van der Waals surface area contributed by atoms with E-state index in [0.29, 0.717) is 11.6 Å². The largest absolute Gasteiger partial charge is 0.357 e. The lowest BCUT2D eigenvalue weighted by Gasteiger charge is -2.35. The van der Waals surface area contributed by atoms with Crippen molar-refractivity contribution in [1.29, 1.82) is 0 Å². The molecule has 2 aromatic heterocycles. The average Bonchev–Trinajstić information content (AvgIpc) is 3.26. The molecule has 1 N–H and O–H groups in total. The summed E-state index contributed by atoms with van der Waals surface area (Å²) in [6.07, 6.45) is 4.92. The van der Waals surface area contributed by atoms with Gasteiger partial charge in [0, 0.05) is 60.9 Å². The van der Waals surface area contributed by atoms with Gasteiger partial charge >= 0.3 is 0 Å². The maximum Gasteiger partial charge on any atom is 0.230 e. The quantitative estimate of drug-likeness (QED) is 0.403. The van der Waals surface area contributed by atoms with Gasteiger partial charge < -0.3 is 14.8 Å². The minimum Gasteiger partial charge on any atom is -0.357 e. The number of halogens is 1. The summed E-state index contributed by atoms with van der Waals surface area (Å²) in [5, 5.41) is 0.644. The summed E-state index contributed by atoms with van der Waals surface area (Å²) < 4.78 is 0. The van der Waals surface area contributed by atoms with Crippen molar-refractivity contribution in [3.63, 3.8) is 0 Å². The number of carbonyl (C=O) groups is 1. The van der Waals surface area contributed by atoms with E-state index in [1.54, 1.807) is 0 Å². The first-order valence-electron chi connectivity index (χ1n) is 12.5. The van der Waals surface area contributed by atoms with Gasteiger partial charge in [-0.15, -0.1) is 0 Å². The van der Waals surface area contributed by atoms with Crippen molar-refractivity contribution in [1.82, 2.24) is 15.0 Å². The summed E-state index contributed by atoms with van der Waals surface area (Å²) in [5.41, 5.74) is 4.99. The van der Waals surface area contributed by atoms with E-state index in [4.69, 9.17) is 16.6 Å². The van der Waals surface area contributed by atoms with Crippen LogP contribution >= 0.6 is 11.6 Å². The summed E-state index contributed by atoms with van der Waals surface area (Å²) in [6, 6.07) is 22.1. The second kappa shape index (κ2) is 9.78. The topological polar surface area (TPSA) is 65.1 Å². The number of hydrogen-bond acceptors (Lipinski definition) is 4. The Morgan fingerprint density at radius 2 is 1.81 bits per heavy atom. The monoisotopic (exact) mass is 497 g/mol. The molecule has 2 aliphatic heterocycles. The van der Waals surface area contributed by atoms with E-state index in [1.165, 1.54) is 5.56 Å². The molecule has 7 heteroatoms. The summed E-state index contributed by atoms with van der Waals surface area (Å²) in [7, 11) is 0. The zero-order valence-corrected chi connectivity index (χ0v) is 20.8. The van der Waals surface area contributed by atoms with Crippen LogP contribution in [0.1, 0.15) is 29.9 Å². The van der Waals surface area contributed by atoms with E-state index in [-0.39, 0.29) is 11.8 Å². The number of hydrogen-bond donors (Lipinski definition) is 1. The first-order valence-corrected chi connectivity index (χ1v) is 12.9. The number of imidazole rings is 1. The normalized spacial score (nSPS) is 15.8. The number of benzene rings is 2. The van der Waals surface area contributed by atoms with Crippen LogP contribution in [0.15, 0.2) is 72.9 Å². The Morgan fingerprint density at radius 1 is 1.00 bits per heavy atom. The number of nitrogens with one attached hydrogen (secondary N) is 1. The number of anilines is 2. The van der Waals surface area contributed by atoms with Crippen LogP contribution in [-0.4, -0.2) is 40.5 Å². The van der Waals surface area contributed by atoms with Crippen molar-refractivity contribution >= 4 is 29.0 Å². The van der Waals surface area contributed by atoms with Crippen molar-refractivity contribution in [2.75, 3.05) is 29.4 Å². The molecule has 0 radical (unpaired) electrons. The lowest BCUT2D eigenvalue weighted by Crippen LogP contribution is -2.43. The first-order chi connectivity index (χ1) is 17.7. The van der Waals surface area contributed by atoms with Crippen molar-refractivity contribution in [3.8, 4) is 11.3 Å². The van der Waals surface area contributed by atoms with Crippen LogP contribution in [0.3, 0.4) is 0 Å². The van der Waals surface area contributed by atoms with Crippen LogP contribution in [0.2, 0.25) is 5.02 Å². The predicted molar refractivity (Wildman–Crippen MR) is 144 cm³/mol. The molecule has 4 heterocycles. The maximum absolute atomic E-state index is 13.8. The van der Waals surface area contributed by atoms with Crippen molar-refractivity contribution in [2.24, 2.45) is 5.92 Å². The van der Waals surface area contributed by atoms with Gasteiger partial charge in [0.15, 0.2) is 0 Å². The minimum absolute atomic E-state index is 0.00784. The molecule has 2 aromatic carbocycles. The van der Waals surface area contributed by atoms with E-state index in [1.807, 2.05) is 65.7 Å². The number of aromatic amines is 1. The smallest absolute Gasteiger partial charge is 0.230 e. The molecule has 4 aromatic rings. The van der Waals surface area contributed by atoms with Gasteiger partial charge in [0.1, 0.15) is 11.6 Å². The fraction of sp³-hybridized carbons (Fsp3) is 0.276. The van der Waals surface area contributed by atoms with Crippen LogP contribution in [0.4, 0.5) is 11.5 Å². The predicted octanol–water partition coefficient (Wildman–Crippen LogP) is 5.52. The molecule has 0 atom stereocenters. The van der Waals surface area contributed by atoms with E-state index >= 15 is 0 Å². The van der Waals surface area contributed by atoms with Gasteiger partial charge in [-0.1, -0.05) is 48.0 Å². The highest BCUT2D eigenvalue weighted by Gasteiger charge is 2.33. The minimum atomic E-state index is -0.00784. The number of H-pyrrole nitrogens is 1. The van der Waals surface area contributed by atoms with Crippen LogP contribution in [0.5, 0.6) is 0 Å². The number of nitrogens with zero attached hydrogens (tertiary/aromatic N) is 4. The number of pyridine rings is 1. The summed E-state index contributed by atoms with van der Waals surface area (Å²) >= 11 is 6.43. The van der Waals surface area contributed by atoms with Crippen LogP contribution in [0, 0.1) is 5.92 Å². The first kappa shape index (κ1) is 22.8. The van der Waals surface area contributed by atoms with E-state index < -0.39 is 0 Å². The fourth-order valence-electron chi connectivity index (χ4n) is 5.36. The number of piperidine rings is 1. The molecular formula is C29H28ClN5O. The number of fused-ring (bicyclic) bond motifs is 3. The Hall–Kier alpha value is -3.64. The summed E-state index contributed by atoms with van der Waals surface area (Å²) in [4.78, 5) is 31.0. The van der Waals surface area contributed by atoms with Gasteiger partial charge in [-0.3, -0.25) is 4.79 Å². The van der Waals surface area contributed by atoms with Crippen LogP contribution in [0.25, 0.3) is 11.3 Å². The van der Waals surface area contributed by atoms with E-state index in [9.17, 15) is 4.79 Å². The van der Waals surface area contributed by atoms with Crippen molar-refractivity contribution in [2.45, 2.75) is 25.7 Å². The molecule has 0 aliphatic carbocycles. The van der Waals surface area contributed by atoms with Gasteiger partial charge in [0.2, 0.25) is 5.91 Å². The van der Waals surface area contributed by atoms with E-state index in [0.717, 1.165) is 73.1 Å². The molecule has 6 rings (SSSR count). The summed E-state index contributed by atoms with van der Waals surface area (Å²) in [5.74, 6) is 2.09. The van der Waals surface area contributed by atoms with Gasteiger partial charge in [-0.05, 0) is 48.7 Å². The summed E-state index contributed by atoms with van der Waals surface area (Å²) in [6.45, 7) is 2.28. The zero-order chi connectivity index (χ0) is 24.5. The molecule has 182 valence electrons. The highest BCUT2D eigenvalue weighted by atomic mass is 35.5. The molecular weight excluding hydrogens is 470 g/mol. The third kappa shape index (κ3) is 4.49. The Labute approximate surface area is 216 Å². The zero-order valence-electron chi connectivity index (χ0n) is 20.0.